The van der Waals surface area contributed by atoms with Crippen LogP contribution in [0.3, 0.4) is 0 Å². The Labute approximate surface area is 155 Å². The number of ether oxygens (including phenoxy) is 1. The van der Waals surface area contributed by atoms with Crippen LogP contribution in [0.2, 0.25) is 0 Å². The first-order chi connectivity index (χ1) is 11.2. The molecule has 2 rings (SSSR count). The quantitative estimate of drug-likeness (QED) is 0.484. The fraction of sp³-hybridized carbons (Fsp3) is 0.133. The van der Waals surface area contributed by atoms with Crippen LogP contribution in [0.15, 0.2) is 56.3 Å². The Balaban J connectivity index is 2.09. The summed E-state index contributed by atoms with van der Waals surface area (Å²) in [5.74, 6) is -1.88. The second kappa shape index (κ2) is 7.73. The van der Waals surface area contributed by atoms with E-state index in [9.17, 15) is 17.6 Å². The normalized spacial score (nSPS) is 11.5. The van der Waals surface area contributed by atoms with E-state index in [1.807, 2.05) is 0 Å². The molecule has 0 atom stereocenters. The highest BCUT2D eigenvalue weighted by atomic mass is 79.9. The van der Waals surface area contributed by atoms with E-state index in [1.165, 1.54) is 31.3 Å². The number of benzene rings is 2. The van der Waals surface area contributed by atoms with Crippen LogP contribution in [0.25, 0.3) is 0 Å². The number of sulfonamides is 1. The van der Waals surface area contributed by atoms with Gasteiger partial charge in [0.15, 0.2) is 11.6 Å². The van der Waals surface area contributed by atoms with Crippen molar-refractivity contribution in [3.63, 3.8) is 0 Å². The first-order valence-electron chi connectivity index (χ1n) is 6.58. The molecule has 128 valence electrons. The highest BCUT2D eigenvalue weighted by molar-refractivity contribution is 9.10. The average molecular weight is 481 g/mol. The van der Waals surface area contributed by atoms with Gasteiger partial charge in [0.2, 0.25) is 10.0 Å². The minimum absolute atomic E-state index is 0.0378. The lowest BCUT2D eigenvalue weighted by molar-refractivity contribution is -0.134. The van der Waals surface area contributed by atoms with E-state index >= 15 is 0 Å². The topological polar surface area (TPSA) is 63.7 Å². The zero-order valence-electron chi connectivity index (χ0n) is 12.4. The van der Waals surface area contributed by atoms with Crippen molar-refractivity contribution in [1.29, 1.82) is 0 Å². The van der Waals surface area contributed by atoms with Crippen molar-refractivity contribution < 1.29 is 22.3 Å². The van der Waals surface area contributed by atoms with Gasteiger partial charge < -0.3 is 4.74 Å². The van der Waals surface area contributed by atoms with Crippen LogP contribution in [0, 0.1) is 5.82 Å². The molecule has 2 aromatic carbocycles. The molecule has 0 unspecified atom stereocenters. The lowest BCUT2D eigenvalue weighted by Gasteiger charge is -2.16. The molecule has 9 heteroatoms. The number of likely N-dealkylation sites (N-methyl/N-ethyl adjacent to an activating group) is 1. The number of halogens is 3. The van der Waals surface area contributed by atoms with Crippen molar-refractivity contribution in [2.75, 3.05) is 13.6 Å². The summed E-state index contributed by atoms with van der Waals surface area (Å²) in [5.41, 5.74) is 0. The lowest BCUT2D eigenvalue weighted by Crippen LogP contribution is -2.34. The minimum atomic E-state index is -3.85. The van der Waals surface area contributed by atoms with Gasteiger partial charge in [-0.2, -0.15) is 4.31 Å². The zero-order valence-corrected chi connectivity index (χ0v) is 16.4. The molecule has 24 heavy (non-hydrogen) atoms. The zero-order chi connectivity index (χ0) is 17.9. The Morgan fingerprint density at radius 1 is 1.12 bits per heavy atom. The molecule has 2 aromatic rings. The predicted molar refractivity (Wildman–Crippen MR) is 93.7 cm³/mol. The van der Waals surface area contributed by atoms with Gasteiger partial charge in [-0.05, 0) is 42.5 Å². The molecule has 0 radical (unpaired) electrons. The molecular weight excluding hydrogens is 469 g/mol. The monoisotopic (exact) mass is 479 g/mol. The maximum Gasteiger partial charge on any atom is 0.326 e. The average Bonchev–Trinajstić information content (AvgIpc) is 2.50. The summed E-state index contributed by atoms with van der Waals surface area (Å²) in [6.07, 6.45) is 0. The number of nitrogens with zero attached hydrogens (tertiary/aromatic N) is 1. The van der Waals surface area contributed by atoms with Crippen LogP contribution in [-0.4, -0.2) is 32.3 Å². The summed E-state index contributed by atoms with van der Waals surface area (Å²) in [7, 11) is -2.60. The van der Waals surface area contributed by atoms with Crippen molar-refractivity contribution in [2.24, 2.45) is 0 Å². The fourth-order valence-corrected chi connectivity index (χ4v) is 3.48. The number of carbonyl (C=O) groups is 1. The van der Waals surface area contributed by atoms with Gasteiger partial charge in [-0.3, -0.25) is 4.79 Å². The minimum Gasteiger partial charge on any atom is -0.422 e. The van der Waals surface area contributed by atoms with Gasteiger partial charge in [0.25, 0.3) is 0 Å². The Morgan fingerprint density at radius 3 is 2.29 bits per heavy atom. The molecule has 0 aliphatic carbocycles. The van der Waals surface area contributed by atoms with E-state index in [0.29, 0.717) is 4.47 Å². The van der Waals surface area contributed by atoms with Gasteiger partial charge in [0.05, 0.1) is 4.90 Å². The summed E-state index contributed by atoms with van der Waals surface area (Å²) >= 11 is 6.31. The van der Waals surface area contributed by atoms with Crippen molar-refractivity contribution in [3.05, 3.63) is 57.2 Å². The summed E-state index contributed by atoms with van der Waals surface area (Å²) in [4.78, 5) is 11.9. The van der Waals surface area contributed by atoms with Gasteiger partial charge in [-0.25, -0.2) is 12.8 Å². The van der Waals surface area contributed by atoms with E-state index in [2.05, 4.69) is 31.9 Å². The van der Waals surface area contributed by atoms with E-state index in [4.69, 9.17) is 4.74 Å². The van der Waals surface area contributed by atoms with Gasteiger partial charge in [-0.15, -0.1) is 0 Å². The van der Waals surface area contributed by atoms with Crippen molar-refractivity contribution in [1.82, 2.24) is 4.31 Å². The number of esters is 1. The maximum absolute atomic E-state index is 13.6. The van der Waals surface area contributed by atoms with Crippen molar-refractivity contribution in [2.45, 2.75) is 4.90 Å². The van der Waals surface area contributed by atoms with E-state index in [-0.39, 0.29) is 10.6 Å². The van der Waals surface area contributed by atoms with Gasteiger partial charge >= 0.3 is 5.97 Å². The molecule has 0 spiro atoms. The maximum atomic E-state index is 13.6. The Bertz CT molecular complexity index is 856. The molecule has 0 heterocycles. The summed E-state index contributed by atoms with van der Waals surface area (Å²) in [6.45, 7) is -0.548. The van der Waals surface area contributed by atoms with Gasteiger partial charge in [0.1, 0.15) is 6.54 Å². The molecule has 0 N–H and O–H groups in total. The summed E-state index contributed by atoms with van der Waals surface area (Å²) in [6, 6.07) is 9.91. The Hall–Kier alpha value is -1.29. The second-order valence-corrected chi connectivity index (χ2v) is 8.64. The van der Waals surface area contributed by atoms with Crippen LogP contribution in [0.1, 0.15) is 0 Å². The number of hydrogen-bond donors (Lipinski definition) is 0. The standard InChI is InChI=1S/C15H12Br2FNO4S/c1-19(24(21,22)12-5-2-10(16)3-6-12)9-15(20)23-14-7-4-11(17)8-13(14)18/h2-8H,9H2,1H3. The summed E-state index contributed by atoms with van der Waals surface area (Å²) in [5, 5.41) is 0. The number of carbonyl (C=O) groups excluding carboxylic acids is 1. The van der Waals surface area contributed by atoms with Gasteiger partial charge in [0, 0.05) is 16.0 Å². The lowest BCUT2D eigenvalue weighted by atomic mass is 10.3. The van der Waals surface area contributed by atoms with E-state index in [0.717, 1.165) is 14.8 Å². The third-order valence-electron chi connectivity index (χ3n) is 2.99. The van der Waals surface area contributed by atoms with Crippen LogP contribution >= 0.6 is 31.9 Å². The smallest absolute Gasteiger partial charge is 0.326 e. The van der Waals surface area contributed by atoms with Crippen molar-refractivity contribution in [3.8, 4) is 5.75 Å². The molecule has 0 aliphatic heterocycles. The number of hydrogen-bond acceptors (Lipinski definition) is 4. The Morgan fingerprint density at radius 2 is 1.71 bits per heavy atom. The third kappa shape index (κ3) is 4.62. The van der Waals surface area contributed by atoms with Crippen molar-refractivity contribution >= 4 is 47.9 Å². The molecule has 0 aromatic heterocycles. The molecule has 0 bridgehead atoms. The van der Waals surface area contributed by atoms with Crippen LogP contribution in [0.4, 0.5) is 4.39 Å². The molecule has 5 nitrogen and oxygen atoms in total. The SMILES string of the molecule is CN(CC(=O)Oc1ccc(Br)cc1F)S(=O)(=O)c1ccc(Br)cc1. The third-order valence-corrected chi connectivity index (χ3v) is 5.83. The van der Waals surface area contributed by atoms with E-state index in [1.54, 1.807) is 12.1 Å². The fourth-order valence-electron chi connectivity index (χ4n) is 1.77. The Kier molecular flexibility index (Phi) is 6.13. The molecule has 0 amide bonds. The molecule has 0 saturated carbocycles. The van der Waals surface area contributed by atoms with E-state index < -0.39 is 28.4 Å². The second-order valence-electron chi connectivity index (χ2n) is 4.76. The van der Waals surface area contributed by atoms with Crippen LogP contribution < -0.4 is 4.74 Å². The molecule has 0 saturated heterocycles. The van der Waals surface area contributed by atoms with Gasteiger partial charge in [-0.1, -0.05) is 31.9 Å². The predicted octanol–water partition coefficient (Wildman–Crippen LogP) is 3.58. The van der Waals surface area contributed by atoms with Crippen LogP contribution in [-0.2, 0) is 14.8 Å². The largest absolute Gasteiger partial charge is 0.422 e. The highest BCUT2D eigenvalue weighted by Crippen LogP contribution is 2.22. The first kappa shape index (κ1) is 19.0. The molecule has 0 fully saturated rings. The molecular formula is C15H12Br2FNO4S. The highest BCUT2D eigenvalue weighted by Gasteiger charge is 2.24. The number of rotatable bonds is 5. The molecule has 0 aliphatic rings. The summed E-state index contributed by atoms with van der Waals surface area (Å²) < 4.78 is 45.3. The van der Waals surface area contributed by atoms with Crippen LogP contribution in [0.5, 0.6) is 5.75 Å². The first-order valence-corrected chi connectivity index (χ1v) is 9.60.